The van der Waals surface area contributed by atoms with Crippen molar-refractivity contribution in [2.45, 2.75) is 31.3 Å². The second-order valence-electron chi connectivity index (χ2n) is 5.13. The van der Waals surface area contributed by atoms with Crippen molar-refractivity contribution in [1.82, 2.24) is 10.2 Å². The summed E-state index contributed by atoms with van der Waals surface area (Å²) in [5, 5.41) is 11.0. The minimum absolute atomic E-state index is 0.0343. The van der Waals surface area contributed by atoms with Crippen molar-refractivity contribution in [2.24, 2.45) is 0 Å². The summed E-state index contributed by atoms with van der Waals surface area (Å²) in [6.45, 7) is 1.66. The number of alkyl halides is 1. The molecule has 0 aliphatic rings. The summed E-state index contributed by atoms with van der Waals surface area (Å²) in [6.07, 6.45) is -0.627. The second kappa shape index (κ2) is 9.77. The molecule has 0 saturated heterocycles. The number of hydrogen-bond acceptors (Lipinski definition) is 4. The summed E-state index contributed by atoms with van der Waals surface area (Å²) in [6, 6.07) is 7.91. The summed E-state index contributed by atoms with van der Waals surface area (Å²) in [7, 11) is 1.21. The van der Waals surface area contributed by atoms with Crippen LogP contribution in [0, 0.1) is 0 Å². The average Bonchev–Trinajstić information content (AvgIpc) is 2.56. The number of rotatable bonds is 8. The molecule has 1 rings (SSSR count). The van der Waals surface area contributed by atoms with Crippen LogP contribution in [0.15, 0.2) is 30.3 Å². The van der Waals surface area contributed by atoms with Crippen LogP contribution in [0.25, 0.3) is 0 Å². The third kappa shape index (κ3) is 6.08. The van der Waals surface area contributed by atoms with Crippen molar-refractivity contribution < 1.29 is 24.2 Å². The van der Waals surface area contributed by atoms with Crippen LogP contribution in [0.3, 0.4) is 0 Å². The molecule has 1 aromatic rings. The minimum Gasteiger partial charge on any atom is -0.480 e. The SMILES string of the molecule is COC(=O)NCCC(C(=O)O)N(Cc1ccccc1)C(=O)C(C)Cl. The highest BCUT2D eigenvalue weighted by Crippen LogP contribution is 2.15. The Hall–Kier alpha value is -2.28. The maximum Gasteiger partial charge on any atom is 0.406 e. The molecule has 0 spiro atoms. The first kappa shape index (κ1) is 19.8. The van der Waals surface area contributed by atoms with Crippen molar-refractivity contribution in [3.63, 3.8) is 0 Å². The first-order valence-corrected chi connectivity index (χ1v) is 7.83. The van der Waals surface area contributed by atoms with Gasteiger partial charge in [0.05, 0.1) is 7.11 Å². The highest BCUT2D eigenvalue weighted by atomic mass is 35.5. The lowest BCUT2D eigenvalue weighted by molar-refractivity contribution is -0.150. The molecular weight excluding hydrogens is 336 g/mol. The number of amides is 2. The van der Waals surface area contributed by atoms with Gasteiger partial charge in [0.15, 0.2) is 0 Å². The fourth-order valence-corrected chi connectivity index (χ4v) is 2.27. The Balaban J connectivity index is 2.92. The predicted molar refractivity (Wildman–Crippen MR) is 88.8 cm³/mol. The number of halogens is 1. The maximum atomic E-state index is 12.4. The number of alkyl carbamates (subject to hydrolysis) is 1. The first-order chi connectivity index (χ1) is 11.4. The Morgan fingerprint density at radius 3 is 2.42 bits per heavy atom. The number of methoxy groups -OCH3 is 1. The summed E-state index contributed by atoms with van der Waals surface area (Å²) in [4.78, 5) is 36.3. The third-order valence-electron chi connectivity index (χ3n) is 3.35. The molecule has 0 heterocycles. The summed E-state index contributed by atoms with van der Waals surface area (Å²) in [5.74, 6) is -1.64. The van der Waals surface area contributed by atoms with Gasteiger partial charge in [-0.05, 0) is 18.9 Å². The van der Waals surface area contributed by atoms with Crippen LogP contribution >= 0.6 is 11.6 Å². The Morgan fingerprint density at radius 1 is 1.29 bits per heavy atom. The zero-order chi connectivity index (χ0) is 18.1. The molecular formula is C16H21ClN2O5. The van der Waals surface area contributed by atoms with Crippen LogP contribution in [-0.2, 0) is 20.9 Å². The van der Waals surface area contributed by atoms with Gasteiger partial charge in [0.25, 0.3) is 0 Å². The molecule has 0 aliphatic heterocycles. The number of aliphatic carboxylic acids is 1. The molecule has 2 atom stereocenters. The molecule has 2 N–H and O–H groups in total. The predicted octanol–water partition coefficient (Wildman–Crippen LogP) is 1.84. The van der Waals surface area contributed by atoms with Crippen LogP contribution < -0.4 is 5.32 Å². The van der Waals surface area contributed by atoms with Gasteiger partial charge in [0, 0.05) is 13.1 Å². The molecule has 0 aliphatic carbocycles. The number of ether oxygens (including phenoxy) is 1. The lowest BCUT2D eigenvalue weighted by Crippen LogP contribution is -2.48. The van der Waals surface area contributed by atoms with Crippen molar-refractivity contribution >= 4 is 29.6 Å². The number of carbonyl (C=O) groups is 3. The van der Waals surface area contributed by atoms with Gasteiger partial charge in [-0.1, -0.05) is 30.3 Å². The molecule has 0 fully saturated rings. The Bertz CT molecular complexity index is 565. The molecule has 2 amide bonds. The van der Waals surface area contributed by atoms with Gasteiger partial charge >= 0.3 is 12.1 Å². The summed E-state index contributed by atoms with van der Waals surface area (Å²) < 4.78 is 4.44. The largest absolute Gasteiger partial charge is 0.480 e. The number of benzene rings is 1. The second-order valence-corrected chi connectivity index (χ2v) is 5.78. The molecule has 24 heavy (non-hydrogen) atoms. The van der Waals surface area contributed by atoms with Crippen molar-refractivity contribution in [3.8, 4) is 0 Å². The van der Waals surface area contributed by atoms with Gasteiger partial charge < -0.3 is 20.1 Å². The van der Waals surface area contributed by atoms with Crippen molar-refractivity contribution in [3.05, 3.63) is 35.9 Å². The number of hydrogen-bond donors (Lipinski definition) is 2. The van der Waals surface area contributed by atoms with Crippen LogP contribution in [0.2, 0.25) is 0 Å². The number of carboxylic acid groups (broad SMARTS) is 1. The molecule has 7 nitrogen and oxygen atoms in total. The van der Waals surface area contributed by atoms with E-state index in [-0.39, 0.29) is 19.5 Å². The maximum absolute atomic E-state index is 12.4. The van der Waals surface area contributed by atoms with Crippen molar-refractivity contribution in [2.75, 3.05) is 13.7 Å². The molecule has 0 aromatic heterocycles. The van der Waals surface area contributed by atoms with Gasteiger partial charge in [-0.2, -0.15) is 0 Å². The number of nitrogens with one attached hydrogen (secondary N) is 1. The highest BCUT2D eigenvalue weighted by Gasteiger charge is 2.31. The third-order valence-corrected chi connectivity index (χ3v) is 3.54. The van der Waals surface area contributed by atoms with Gasteiger partial charge in [0.1, 0.15) is 11.4 Å². The van der Waals surface area contributed by atoms with Crippen molar-refractivity contribution in [1.29, 1.82) is 0 Å². The van der Waals surface area contributed by atoms with Crippen LogP contribution in [0.4, 0.5) is 4.79 Å². The van der Waals surface area contributed by atoms with E-state index in [0.29, 0.717) is 0 Å². The zero-order valence-corrected chi connectivity index (χ0v) is 14.3. The number of nitrogens with zero attached hydrogens (tertiary/aromatic N) is 1. The smallest absolute Gasteiger partial charge is 0.406 e. The Morgan fingerprint density at radius 2 is 1.92 bits per heavy atom. The van der Waals surface area contributed by atoms with Gasteiger partial charge in [-0.25, -0.2) is 9.59 Å². The topological polar surface area (TPSA) is 95.9 Å². The van der Waals surface area contributed by atoms with E-state index in [0.717, 1.165) is 5.56 Å². The van der Waals surface area contributed by atoms with Crippen LogP contribution in [-0.4, -0.2) is 53.0 Å². The normalized spacial score (nSPS) is 12.8. The fourth-order valence-electron chi connectivity index (χ4n) is 2.15. The van der Waals surface area contributed by atoms with E-state index >= 15 is 0 Å². The molecule has 8 heteroatoms. The molecule has 2 unspecified atom stereocenters. The van der Waals surface area contributed by atoms with E-state index < -0.39 is 29.4 Å². The van der Waals surface area contributed by atoms with Gasteiger partial charge in [-0.3, -0.25) is 4.79 Å². The van der Waals surface area contributed by atoms with Gasteiger partial charge in [0.2, 0.25) is 5.91 Å². The molecule has 0 radical (unpaired) electrons. The van der Waals surface area contributed by atoms with E-state index in [4.69, 9.17) is 11.6 Å². The lowest BCUT2D eigenvalue weighted by atomic mass is 10.1. The first-order valence-electron chi connectivity index (χ1n) is 7.40. The standard InChI is InChI=1S/C16H21ClN2O5/c1-11(17)14(20)19(10-12-6-4-3-5-7-12)13(15(21)22)8-9-18-16(23)24-2/h3-7,11,13H,8-10H2,1-2H3,(H,18,23)(H,21,22). The van der Waals surface area contributed by atoms with Crippen LogP contribution in [0.1, 0.15) is 18.9 Å². The molecule has 132 valence electrons. The van der Waals surface area contributed by atoms with E-state index in [2.05, 4.69) is 10.1 Å². The van der Waals surface area contributed by atoms with E-state index in [1.807, 2.05) is 6.07 Å². The van der Waals surface area contributed by atoms with E-state index in [1.54, 1.807) is 24.3 Å². The monoisotopic (exact) mass is 356 g/mol. The zero-order valence-electron chi connectivity index (χ0n) is 13.6. The lowest BCUT2D eigenvalue weighted by Gasteiger charge is -2.30. The van der Waals surface area contributed by atoms with Crippen LogP contribution in [0.5, 0.6) is 0 Å². The van der Waals surface area contributed by atoms with E-state index in [1.165, 1.54) is 18.9 Å². The fraction of sp³-hybridized carbons (Fsp3) is 0.438. The molecule has 0 bridgehead atoms. The highest BCUT2D eigenvalue weighted by molar-refractivity contribution is 6.30. The Kier molecular flexibility index (Phi) is 8.05. The summed E-state index contributed by atoms with van der Waals surface area (Å²) >= 11 is 5.87. The number of carbonyl (C=O) groups excluding carboxylic acids is 2. The molecule has 0 saturated carbocycles. The Labute approximate surface area is 145 Å². The molecule has 1 aromatic carbocycles. The quantitative estimate of drug-likeness (QED) is 0.693. The minimum atomic E-state index is -1.16. The van der Waals surface area contributed by atoms with Gasteiger partial charge in [-0.15, -0.1) is 11.6 Å². The number of carboxylic acids is 1. The summed E-state index contributed by atoms with van der Waals surface area (Å²) in [5.41, 5.74) is 0.787. The average molecular weight is 357 g/mol. The van der Waals surface area contributed by atoms with E-state index in [9.17, 15) is 19.5 Å².